The van der Waals surface area contributed by atoms with Gasteiger partial charge in [0.05, 0.1) is 34.5 Å². The predicted octanol–water partition coefficient (Wildman–Crippen LogP) is 4.90. The maximum absolute atomic E-state index is 13.5. The number of hydrogen-bond donors (Lipinski definition) is 1. The molecule has 6 heteroatoms. The van der Waals surface area contributed by atoms with Crippen molar-refractivity contribution in [1.82, 2.24) is 19.7 Å². The molecule has 0 aliphatic carbocycles. The topological polar surface area (TPSA) is 72.7 Å². The van der Waals surface area contributed by atoms with E-state index in [4.69, 9.17) is 4.98 Å². The van der Waals surface area contributed by atoms with E-state index in [1.54, 1.807) is 12.4 Å². The number of anilines is 1. The molecule has 0 unspecified atom stereocenters. The van der Waals surface area contributed by atoms with Gasteiger partial charge in [-0.05, 0) is 43.7 Å². The van der Waals surface area contributed by atoms with Gasteiger partial charge in [0.2, 0.25) is 0 Å². The third kappa shape index (κ3) is 3.53. The first kappa shape index (κ1) is 18.9. The summed E-state index contributed by atoms with van der Waals surface area (Å²) < 4.78 is 1.87. The number of nitrogens with one attached hydrogen (secondary N) is 1. The van der Waals surface area contributed by atoms with Crippen LogP contribution in [0.3, 0.4) is 0 Å². The second-order valence-electron chi connectivity index (χ2n) is 7.60. The van der Waals surface area contributed by atoms with Crippen LogP contribution in [-0.2, 0) is 6.54 Å². The minimum absolute atomic E-state index is 0.182. The molecule has 1 amide bonds. The van der Waals surface area contributed by atoms with Crippen LogP contribution in [0, 0.1) is 13.8 Å². The van der Waals surface area contributed by atoms with Crippen LogP contribution in [0.1, 0.15) is 27.3 Å². The molecule has 5 aromatic rings. The highest BCUT2D eigenvalue weighted by atomic mass is 16.1. The SMILES string of the molecule is Cc1ccc2cccnc2c1NC(=O)c1cc(Cn2nccc2C)nc2ccccc12. The minimum Gasteiger partial charge on any atom is -0.320 e. The number of fused-ring (bicyclic) bond motifs is 2. The van der Waals surface area contributed by atoms with Crippen LogP contribution in [-0.4, -0.2) is 25.7 Å². The lowest BCUT2D eigenvalue weighted by Crippen LogP contribution is -2.15. The van der Waals surface area contributed by atoms with E-state index in [-0.39, 0.29) is 5.91 Å². The van der Waals surface area contributed by atoms with E-state index in [1.807, 2.05) is 79.2 Å². The first-order chi connectivity index (χ1) is 15.1. The molecule has 0 aliphatic rings. The van der Waals surface area contributed by atoms with Gasteiger partial charge in [-0.2, -0.15) is 5.10 Å². The van der Waals surface area contributed by atoms with Gasteiger partial charge < -0.3 is 5.32 Å². The number of carbonyl (C=O) groups excluding carboxylic acids is 1. The van der Waals surface area contributed by atoms with E-state index in [2.05, 4.69) is 15.4 Å². The maximum Gasteiger partial charge on any atom is 0.256 e. The van der Waals surface area contributed by atoms with Crippen LogP contribution in [0.25, 0.3) is 21.8 Å². The van der Waals surface area contributed by atoms with Gasteiger partial charge in [0.1, 0.15) is 0 Å². The highest BCUT2D eigenvalue weighted by Crippen LogP contribution is 2.27. The highest BCUT2D eigenvalue weighted by molar-refractivity contribution is 6.14. The van der Waals surface area contributed by atoms with Gasteiger partial charge in [0, 0.05) is 28.9 Å². The van der Waals surface area contributed by atoms with Gasteiger partial charge >= 0.3 is 0 Å². The van der Waals surface area contributed by atoms with Gasteiger partial charge in [-0.1, -0.05) is 36.4 Å². The second kappa shape index (κ2) is 7.65. The number of amides is 1. The van der Waals surface area contributed by atoms with E-state index < -0.39 is 0 Å². The first-order valence-electron chi connectivity index (χ1n) is 10.1. The largest absolute Gasteiger partial charge is 0.320 e. The van der Waals surface area contributed by atoms with Crippen molar-refractivity contribution < 1.29 is 4.79 Å². The lowest BCUT2D eigenvalue weighted by molar-refractivity contribution is 0.102. The first-order valence-corrected chi connectivity index (χ1v) is 10.1. The summed E-state index contributed by atoms with van der Waals surface area (Å²) in [6, 6.07) is 19.4. The molecule has 152 valence electrons. The smallest absolute Gasteiger partial charge is 0.256 e. The van der Waals surface area contributed by atoms with Gasteiger partial charge in [-0.15, -0.1) is 0 Å². The van der Waals surface area contributed by atoms with Crippen LogP contribution in [0.4, 0.5) is 5.69 Å². The van der Waals surface area contributed by atoms with Crippen molar-refractivity contribution in [2.45, 2.75) is 20.4 Å². The number of aryl methyl sites for hydroxylation is 2. The molecular formula is C25H21N5O. The normalized spacial score (nSPS) is 11.2. The third-order valence-electron chi connectivity index (χ3n) is 5.48. The Hall–Kier alpha value is -4.06. The number of nitrogens with zero attached hydrogens (tertiary/aromatic N) is 4. The molecule has 0 aliphatic heterocycles. The van der Waals surface area contributed by atoms with Crippen molar-refractivity contribution in [3.8, 4) is 0 Å². The lowest BCUT2D eigenvalue weighted by Gasteiger charge is -2.14. The Balaban J connectivity index is 1.59. The van der Waals surface area contributed by atoms with Crippen LogP contribution < -0.4 is 5.32 Å². The summed E-state index contributed by atoms with van der Waals surface area (Å²) in [5.41, 5.74) is 5.66. The number of benzene rings is 2. The number of hydrogen-bond acceptors (Lipinski definition) is 4. The number of pyridine rings is 2. The lowest BCUT2D eigenvalue weighted by atomic mass is 10.1. The maximum atomic E-state index is 13.5. The summed E-state index contributed by atoms with van der Waals surface area (Å²) in [7, 11) is 0. The van der Waals surface area contributed by atoms with E-state index >= 15 is 0 Å². The fourth-order valence-electron chi connectivity index (χ4n) is 3.80. The number of rotatable bonds is 4. The van der Waals surface area contributed by atoms with Crippen LogP contribution in [0.2, 0.25) is 0 Å². The Bertz CT molecular complexity index is 1440. The zero-order chi connectivity index (χ0) is 21.4. The molecule has 0 atom stereocenters. The molecule has 3 aromatic heterocycles. The molecule has 5 rings (SSSR count). The zero-order valence-corrected chi connectivity index (χ0v) is 17.3. The van der Waals surface area contributed by atoms with Crippen molar-refractivity contribution in [2.75, 3.05) is 5.32 Å². The summed E-state index contributed by atoms with van der Waals surface area (Å²) in [6.45, 7) is 4.47. The molecule has 0 bridgehead atoms. The molecule has 3 heterocycles. The third-order valence-corrected chi connectivity index (χ3v) is 5.48. The predicted molar refractivity (Wildman–Crippen MR) is 122 cm³/mol. The summed E-state index contributed by atoms with van der Waals surface area (Å²) >= 11 is 0. The van der Waals surface area contributed by atoms with E-state index in [9.17, 15) is 4.79 Å². The summed E-state index contributed by atoms with van der Waals surface area (Å²) in [5.74, 6) is -0.182. The molecule has 31 heavy (non-hydrogen) atoms. The average molecular weight is 407 g/mol. The van der Waals surface area contributed by atoms with Crippen LogP contribution in [0.15, 0.2) is 73.1 Å². The Labute approximate surface area is 179 Å². The minimum atomic E-state index is -0.182. The average Bonchev–Trinajstić information content (AvgIpc) is 3.19. The quantitative estimate of drug-likeness (QED) is 0.460. The van der Waals surface area contributed by atoms with Gasteiger partial charge in [0.15, 0.2) is 0 Å². The number of aromatic nitrogens is 4. The van der Waals surface area contributed by atoms with Crippen molar-refractivity contribution in [1.29, 1.82) is 0 Å². The Kier molecular flexibility index (Phi) is 4.67. The molecule has 0 saturated heterocycles. The molecule has 2 aromatic carbocycles. The van der Waals surface area contributed by atoms with Crippen molar-refractivity contribution in [3.05, 3.63) is 95.6 Å². The van der Waals surface area contributed by atoms with E-state index in [0.29, 0.717) is 12.1 Å². The Morgan fingerprint density at radius 1 is 1.00 bits per heavy atom. The fraction of sp³-hybridized carbons (Fsp3) is 0.120. The standard InChI is InChI=1S/C25H21N5O/c1-16-9-10-18-6-5-12-26-24(18)23(16)29-25(31)21-14-19(15-30-17(2)11-13-27-30)28-22-8-4-3-7-20(21)22/h3-14H,15H2,1-2H3,(H,29,31). The Morgan fingerprint density at radius 3 is 2.71 bits per heavy atom. The number of carbonyl (C=O) groups is 1. The van der Waals surface area contributed by atoms with Gasteiger partial charge in [0.25, 0.3) is 5.91 Å². The zero-order valence-electron chi connectivity index (χ0n) is 17.3. The molecule has 1 N–H and O–H groups in total. The highest BCUT2D eigenvalue weighted by Gasteiger charge is 2.16. The molecule has 0 fully saturated rings. The van der Waals surface area contributed by atoms with Crippen molar-refractivity contribution >= 4 is 33.4 Å². The van der Waals surface area contributed by atoms with Crippen LogP contribution >= 0.6 is 0 Å². The summed E-state index contributed by atoms with van der Waals surface area (Å²) in [4.78, 5) is 22.7. The van der Waals surface area contributed by atoms with Gasteiger partial charge in [-0.25, -0.2) is 0 Å². The van der Waals surface area contributed by atoms with E-state index in [1.165, 1.54) is 0 Å². The molecule has 0 saturated carbocycles. The monoisotopic (exact) mass is 407 g/mol. The van der Waals surface area contributed by atoms with Crippen molar-refractivity contribution in [2.24, 2.45) is 0 Å². The summed E-state index contributed by atoms with van der Waals surface area (Å²) in [6.07, 6.45) is 3.50. The number of para-hydroxylation sites is 1. The second-order valence-corrected chi connectivity index (χ2v) is 7.60. The Morgan fingerprint density at radius 2 is 1.87 bits per heavy atom. The fourth-order valence-corrected chi connectivity index (χ4v) is 3.80. The molecule has 0 spiro atoms. The van der Waals surface area contributed by atoms with Gasteiger partial charge in [-0.3, -0.25) is 19.4 Å². The summed E-state index contributed by atoms with van der Waals surface area (Å²) in [5, 5.41) is 9.25. The van der Waals surface area contributed by atoms with E-state index in [0.717, 1.165) is 44.4 Å². The molecule has 0 radical (unpaired) electrons. The van der Waals surface area contributed by atoms with Crippen molar-refractivity contribution in [3.63, 3.8) is 0 Å². The molecule has 6 nitrogen and oxygen atoms in total. The molecular weight excluding hydrogens is 386 g/mol. The van der Waals surface area contributed by atoms with Crippen LogP contribution in [0.5, 0.6) is 0 Å².